The largest absolute Gasteiger partial charge is 0.342 e. The van der Waals surface area contributed by atoms with E-state index in [2.05, 4.69) is 22.4 Å². The van der Waals surface area contributed by atoms with Crippen LogP contribution in [0.25, 0.3) is 0 Å². The average Bonchev–Trinajstić information content (AvgIpc) is 3.22. The van der Waals surface area contributed by atoms with Gasteiger partial charge >= 0.3 is 0 Å². The molecule has 2 amide bonds. The minimum atomic E-state index is -0.651. The highest BCUT2D eigenvalue weighted by Gasteiger charge is 2.35. The highest BCUT2D eigenvalue weighted by Crippen LogP contribution is 2.26. The van der Waals surface area contributed by atoms with Crippen molar-refractivity contribution in [3.05, 3.63) is 41.5 Å². The topological polar surface area (TPSA) is 84.2 Å². The van der Waals surface area contributed by atoms with Gasteiger partial charge in [-0.25, -0.2) is 9.07 Å². The SMILES string of the molecule is Cc1nnnn1[C@H](Cc1cccc(F)c1)C(=O)N1CCC(C(=O)N2CCC[C@H](C)C2)CC1. The third-order valence-corrected chi connectivity index (χ3v) is 6.68. The average molecular weight is 443 g/mol. The molecule has 2 saturated heterocycles. The molecule has 2 aliphatic rings. The number of benzene rings is 1. The number of likely N-dealkylation sites (tertiary alicyclic amines) is 2. The van der Waals surface area contributed by atoms with Crippen molar-refractivity contribution in [1.29, 1.82) is 0 Å². The van der Waals surface area contributed by atoms with Gasteiger partial charge in [0.2, 0.25) is 11.8 Å². The van der Waals surface area contributed by atoms with E-state index >= 15 is 0 Å². The van der Waals surface area contributed by atoms with Gasteiger partial charge in [0.15, 0.2) is 0 Å². The Morgan fingerprint density at radius 1 is 1.16 bits per heavy atom. The van der Waals surface area contributed by atoms with E-state index in [9.17, 15) is 14.0 Å². The van der Waals surface area contributed by atoms with Gasteiger partial charge in [0.25, 0.3) is 0 Å². The zero-order valence-electron chi connectivity index (χ0n) is 18.8. The molecule has 0 radical (unpaired) electrons. The van der Waals surface area contributed by atoms with Crippen LogP contribution < -0.4 is 0 Å². The van der Waals surface area contributed by atoms with Crippen molar-refractivity contribution in [3.63, 3.8) is 0 Å². The fourth-order valence-corrected chi connectivity index (χ4v) is 4.90. The van der Waals surface area contributed by atoms with E-state index in [4.69, 9.17) is 0 Å². The molecule has 0 N–H and O–H groups in total. The standard InChI is InChI=1S/C23H31FN6O2/c1-16-5-4-10-29(15-16)22(31)19-8-11-28(12-9-19)23(32)21(30-17(2)25-26-27-30)14-18-6-3-7-20(24)13-18/h3,6-7,13,16,19,21H,4-5,8-12,14-15H2,1-2H3/t16-,21+/m0/s1. The lowest BCUT2D eigenvalue weighted by Gasteiger charge is -2.38. The van der Waals surface area contributed by atoms with Crippen LogP contribution in [0, 0.1) is 24.6 Å². The molecule has 0 unspecified atom stereocenters. The zero-order chi connectivity index (χ0) is 22.7. The van der Waals surface area contributed by atoms with Crippen molar-refractivity contribution in [1.82, 2.24) is 30.0 Å². The van der Waals surface area contributed by atoms with E-state index in [1.165, 1.54) is 23.2 Å². The number of tetrazole rings is 1. The summed E-state index contributed by atoms with van der Waals surface area (Å²) in [4.78, 5) is 30.3. The molecule has 4 rings (SSSR count). The Balaban J connectivity index is 1.43. The second-order valence-corrected chi connectivity index (χ2v) is 9.15. The highest BCUT2D eigenvalue weighted by atomic mass is 19.1. The maximum absolute atomic E-state index is 13.7. The molecule has 0 saturated carbocycles. The maximum Gasteiger partial charge on any atom is 0.247 e. The Morgan fingerprint density at radius 2 is 1.94 bits per heavy atom. The van der Waals surface area contributed by atoms with E-state index in [0.717, 1.165) is 19.5 Å². The number of aryl methyl sites for hydroxylation is 1. The molecular formula is C23H31FN6O2. The summed E-state index contributed by atoms with van der Waals surface area (Å²) in [6, 6.07) is 5.60. The number of rotatable bonds is 5. The molecule has 0 aliphatic carbocycles. The molecule has 9 heteroatoms. The monoisotopic (exact) mass is 442 g/mol. The van der Waals surface area contributed by atoms with Crippen molar-refractivity contribution in [2.24, 2.45) is 11.8 Å². The Labute approximate surface area is 187 Å². The molecule has 8 nitrogen and oxygen atoms in total. The van der Waals surface area contributed by atoms with E-state index in [1.54, 1.807) is 24.0 Å². The van der Waals surface area contributed by atoms with Crippen molar-refractivity contribution in [2.45, 2.75) is 52.0 Å². The second-order valence-electron chi connectivity index (χ2n) is 9.15. The molecule has 2 atom stereocenters. The molecule has 3 heterocycles. The first-order chi connectivity index (χ1) is 15.4. The molecule has 1 aromatic heterocycles. The van der Waals surface area contributed by atoms with E-state index < -0.39 is 6.04 Å². The predicted octanol–water partition coefficient (Wildman–Crippen LogP) is 2.40. The van der Waals surface area contributed by atoms with Gasteiger partial charge in [-0.1, -0.05) is 19.1 Å². The molecule has 172 valence electrons. The smallest absolute Gasteiger partial charge is 0.247 e. The quantitative estimate of drug-likeness (QED) is 0.710. The lowest BCUT2D eigenvalue weighted by atomic mass is 9.92. The first-order valence-electron chi connectivity index (χ1n) is 11.5. The number of amides is 2. The van der Waals surface area contributed by atoms with Gasteiger partial charge in [-0.05, 0) is 66.6 Å². The third-order valence-electron chi connectivity index (χ3n) is 6.68. The first-order valence-corrected chi connectivity index (χ1v) is 11.5. The normalized spacial score (nSPS) is 20.9. The third kappa shape index (κ3) is 4.97. The minimum absolute atomic E-state index is 0.0270. The van der Waals surface area contributed by atoms with Crippen LogP contribution in [0.1, 0.15) is 50.0 Å². The summed E-state index contributed by atoms with van der Waals surface area (Å²) in [6.45, 7) is 6.68. The maximum atomic E-state index is 13.7. The molecule has 2 aliphatic heterocycles. The number of halogens is 1. The number of piperidine rings is 2. The van der Waals surface area contributed by atoms with Gasteiger partial charge in [0.05, 0.1) is 0 Å². The molecule has 2 aromatic rings. The van der Waals surface area contributed by atoms with Gasteiger partial charge in [0, 0.05) is 38.5 Å². The van der Waals surface area contributed by atoms with Crippen LogP contribution in [0.5, 0.6) is 0 Å². The zero-order valence-corrected chi connectivity index (χ0v) is 18.8. The summed E-state index contributed by atoms with van der Waals surface area (Å²) in [6.07, 6.45) is 3.87. The highest BCUT2D eigenvalue weighted by molar-refractivity contribution is 5.82. The van der Waals surface area contributed by atoms with Crippen LogP contribution in [-0.2, 0) is 16.0 Å². The van der Waals surface area contributed by atoms with Crippen molar-refractivity contribution >= 4 is 11.8 Å². The Bertz CT molecular complexity index is 955. The van der Waals surface area contributed by atoms with Crippen LogP contribution in [-0.4, -0.2) is 68.0 Å². The minimum Gasteiger partial charge on any atom is -0.342 e. The first kappa shape index (κ1) is 22.4. The van der Waals surface area contributed by atoms with Crippen molar-refractivity contribution in [3.8, 4) is 0 Å². The number of aromatic nitrogens is 4. The fourth-order valence-electron chi connectivity index (χ4n) is 4.90. The number of nitrogens with zero attached hydrogens (tertiary/aromatic N) is 6. The second kappa shape index (κ2) is 9.75. The van der Waals surface area contributed by atoms with Gasteiger partial charge < -0.3 is 9.80 Å². The Kier molecular flexibility index (Phi) is 6.81. The van der Waals surface area contributed by atoms with E-state index in [-0.39, 0.29) is 23.5 Å². The summed E-state index contributed by atoms with van der Waals surface area (Å²) in [5.74, 6) is 0.856. The van der Waals surface area contributed by atoms with E-state index in [0.29, 0.717) is 49.7 Å². The summed E-state index contributed by atoms with van der Waals surface area (Å²) in [7, 11) is 0. The summed E-state index contributed by atoms with van der Waals surface area (Å²) in [5, 5.41) is 11.6. The molecule has 2 fully saturated rings. The van der Waals surface area contributed by atoms with Crippen molar-refractivity contribution in [2.75, 3.05) is 26.2 Å². The lowest BCUT2D eigenvalue weighted by Crippen LogP contribution is -2.48. The molecule has 32 heavy (non-hydrogen) atoms. The van der Waals surface area contributed by atoms with Crippen LogP contribution in [0.2, 0.25) is 0 Å². The van der Waals surface area contributed by atoms with Crippen LogP contribution in [0.4, 0.5) is 4.39 Å². The number of carbonyl (C=O) groups excluding carboxylic acids is 2. The summed E-state index contributed by atoms with van der Waals surface area (Å²) >= 11 is 0. The number of carbonyl (C=O) groups is 2. The Hall–Kier alpha value is -2.84. The molecule has 1 aromatic carbocycles. The predicted molar refractivity (Wildman–Crippen MR) is 116 cm³/mol. The van der Waals surface area contributed by atoms with Gasteiger partial charge in [0.1, 0.15) is 17.7 Å². The molecule has 0 spiro atoms. The number of hydrogen-bond donors (Lipinski definition) is 0. The van der Waals surface area contributed by atoms with Gasteiger partial charge in [-0.15, -0.1) is 5.10 Å². The van der Waals surface area contributed by atoms with Crippen LogP contribution >= 0.6 is 0 Å². The van der Waals surface area contributed by atoms with Crippen LogP contribution in [0.15, 0.2) is 24.3 Å². The number of hydrogen-bond acceptors (Lipinski definition) is 5. The summed E-state index contributed by atoms with van der Waals surface area (Å²) in [5.41, 5.74) is 0.711. The Morgan fingerprint density at radius 3 is 2.59 bits per heavy atom. The fraction of sp³-hybridized carbons (Fsp3) is 0.609. The lowest BCUT2D eigenvalue weighted by molar-refractivity contribution is -0.143. The van der Waals surface area contributed by atoms with Gasteiger partial charge in [-0.2, -0.15) is 0 Å². The van der Waals surface area contributed by atoms with E-state index in [1.807, 2.05) is 4.90 Å². The van der Waals surface area contributed by atoms with Gasteiger partial charge in [-0.3, -0.25) is 9.59 Å². The molecular weight excluding hydrogens is 411 g/mol. The van der Waals surface area contributed by atoms with Crippen molar-refractivity contribution < 1.29 is 14.0 Å². The van der Waals surface area contributed by atoms with Crippen LogP contribution in [0.3, 0.4) is 0 Å². The summed E-state index contributed by atoms with van der Waals surface area (Å²) < 4.78 is 15.2. The molecule has 0 bridgehead atoms.